The number of hydrogen-bond acceptors (Lipinski definition) is 7. The van der Waals surface area contributed by atoms with E-state index in [9.17, 15) is 9.59 Å². The summed E-state index contributed by atoms with van der Waals surface area (Å²) in [6.45, 7) is 4.99. The van der Waals surface area contributed by atoms with Crippen LogP contribution in [0.25, 0.3) is 10.9 Å². The molecule has 2 N–H and O–H groups in total. The fraction of sp³-hybridized carbons (Fsp3) is 0.231. The number of fused-ring (bicyclic) bond motifs is 1. The lowest BCUT2D eigenvalue weighted by Gasteiger charge is -2.40. The number of cyclic esters (lactones) is 1. The Kier molecular flexibility index (Phi) is 6.57. The first-order valence-corrected chi connectivity index (χ1v) is 10.8. The zero-order valence-electron chi connectivity index (χ0n) is 19.0. The van der Waals surface area contributed by atoms with Crippen molar-refractivity contribution in [3.63, 3.8) is 0 Å². The number of anilines is 3. The van der Waals surface area contributed by atoms with Gasteiger partial charge < -0.3 is 15.4 Å². The lowest BCUT2D eigenvalue weighted by Crippen LogP contribution is -2.54. The van der Waals surface area contributed by atoms with E-state index >= 15 is 0 Å². The maximum absolute atomic E-state index is 12.5. The van der Waals surface area contributed by atoms with Crippen LogP contribution in [-0.2, 0) is 14.3 Å². The Morgan fingerprint density at radius 1 is 1.24 bits per heavy atom. The third-order valence-corrected chi connectivity index (χ3v) is 5.55. The van der Waals surface area contributed by atoms with E-state index in [1.54, 1.807) is 12.1 Å². The Morgan fingerprint density at radius 3 is 2.91 bits per heavy atom. The summed E-state index contributed by atoms with van der Waals surface area (Å²) in [6, 6.07) is 12.9. The lowest BCUT2D eigenvalue weighted by atomic mass is 10.0. The molecule has 0 saturated carbocycles. The smallest absolute Gasteiger partial charge is 0.320 e. The van der Waals surface area contributed by atoms with E-state index in [0.717, 1.165) is 22.2 Å². The second-order valence-electron chi connectivity index (χ2n) is 8.55. The van der Waals surface area contributed by atoms with Crippen LogP contribution in [0.4, 0.5) is 17.2 Å². The van der Waals surface area contributed by atoms with Crippen molar-refractivity contribution in [1.29, 1.82) is 0 Å². The van der Waals surface area contributed by atoms with Crippen LogP contribution in [-0.4, -0.2) is 52.0 Å². The number of rotatable bonds is 6. The van der Waals surface area contributed by atoms with Crippen molar-refractivity contribution in [2.75, 3.05) is 30.3 Å². The van der Waals surface area contributed by atoms with E-state index in [1.807, 2.05) is 55.1 Å². The summed E-state index contributed by atoms with van der Waals surface area (Å²) in [5.74, 6) is 2.68. The largest absolute Gasteiger partial charge is 0.463 e. The molecule has 2 heterocycles. The summed E-state index contributed by atoms with van der Waals surface area (Å²) >= 11 is 0. The average Bonchev–Trinajstić information content (AvgIpc) is 2.82. The van der Waals surface area contributed by atoms with Crippen LogP contribution in [0, 0.1) is 12.3 Å². The van der Waals surface area contributed by atoms with Gasteiger partial charge in [-0.2, -0.15) is 0 Å². The topological polar surface area (TPSA) is 96.5 Å². The summed E-state index contributed by atoms with van der Waals surface area (Å²) in [7, 11) is 0. The molecule has 4 rings (SSSR count). The van der Waals surface area contributed by atoms with Crippen molar-refractivity contribution >= 4 is 40.0 Å². The number of morpholine rings is 1. The van der Waals surface area contributed by atoms with Gasteiger partial charge >= 0.3 is 5.97 Å². The number of ether oxygens (including phenoxy) is 1. The van der Waals surface area contributed by atoms with Crippen LogP contribution in [0.2, 0.25) is 0 Å². The van der Waals surface area contributed by atoms with Gasteiger partial charge in [0.25, 0.3) is 0 Å². The summed E-state index contributed by atoms with van der Waals surface area (Å²) in [4.78, 5) is 34.7. The van der Waals surface area contributed by atoms with Gasteiger partial charge in [0.15, 0.2) is 0 Å². The molecule has 1 aromatic heterocycles. The van der Waals surface area contributed by atoms with E-state index in [4.69, 9.17) is 11.2 Å². The fourth-order valence-electron chi connectivity index (χ4n) is 3.60. The number of benzene rings is 2. The second kappa shape index (κ2) is 9.73. The van der Waals surface area contributed by atoms with Crippen molar-refractivity contribution < 1.29 is 14.3 Å². The molecule has 0 unspecified atom stereocenters. The van der Waals surface area contributed by atoms with Gasteiger partial charge in [0.05, 0.1) is 17.6 Å². The SMILES string of the molecule is C#Cc1cccc(Nc2ncnc3ccc(NC(=O)C=CCN4CC(=O)OCC4(C)C)cc23)c1. The maximum atomic E-state index is 12.5. The van der Waals surface area contributed by atoms with Gasteiger partial charge in [0, 0.05) is 34.9 Å². The number of nitrogens with one attached hydrogen (secondary N) is 2. The van der Waals surface area contributed by atoms with Gasteiger partial charge in [-0.25, -0.2) is 9.97 Å². The van der Waals surface area contributed by atoms with Crippen molar-refractivity contribution in [3.8, 4) is 12.3 Å². The van der Waals surface area contributed by atoms with E-state index < -0.39 is 0 Å². The van der Waals surface area contributed by atoms with E-state index in [-0.39, 0.29) is 24.0 Å². The fourth-order valence-corrected chi connectivity index (χ4v) is 3.60. The van der Waals surface area contributed by atoms with Crippen LogP contribution < -0.4 is 10.6 Å². The molecule has 1 amide bonds. The first-order chi connectivity index (χ1) is 16.3. The average molecular weight is 456 g/mol. The summed E-state index contributed by atoms with van der Waals surface area (Å²) < 4.78 is 5.12. The van der Waals surface area contributed by atoms with E-state index in [1.165, 1.54) is 12.4 Å². The van der Waals surface area contributed by atoms with Crippen molar-refractivity contribution in [3.05, 3.63) is 66.5 Å². The highest BCUT2D eigenvalue weighted by Crippen LogP contribution is 2.26. The monoisotopic (exact) mass is 455 g/mol. The molecule has 1 aliphatic rings. The van der Waals surface area contributed by atoms with Crippen LogP contribution in [0.3, 0.4) is 0 Å². The van der Waals surface area contributed by atoms with Crippen molar-refractivity contribution in [1.82, 2.24) is 14.9 Å². The zero-order chi connectivity index (χ0) is 24.1. The minimum Gasteiger partial charge on any atom is -0.463 e. The van der Waals surface area contributed by atoms with Crippen LogP contribution in [0.1, 0.15) is 19.4 Å². The number of carbonyl (C=O) groups excluding carboxylic acids is 2. The summed E-state index contributed by atoms with van der Waals surface area (Å²) in [5, 5.41) is 6.89. The standard InChI is InChI=1S/C26H25N5O3/c1-4-18-7-5-8-19(13-18)30-25-21-14-20(10-11-22(21)27-17-28-25)29-23(32)9-6-12-31-15-24(33)34-16-26(31,2)3/h1,5-11,13-14,17H,12,15-16H2,2-3H3,(H,29,32)(H,27,28,30). The van der Waals surface area contributed by atoms with Crippen molar-refractivity contribution in [2.45, 2.75) is 19.4 Å². The Bertz CT molecular complexity index is 1310. The van der Waals surface area contributed by atoms with Gasteiger partial charge in [-0.15, -0.1) is 6.42 Å². The van der Waals surface area contributed by atoms with Gasteiger partial charge in [0.2, 0.25) is 5.91 Å². The predicted octanol–water partition coefficient (Wildman–Crippen LogP) is 3.49. The molecule has 3 aromatic rings. The molecule has 34 heavy (non-hydrogen) atoms. The summed E-state index contributed by atoms with van der Waals surface area (Å²) in [6.07, 6.45) is 10.2. The van der Waals surface area contributed by atoms with Gasteiger partial charge in [-0.3, -0.25) is 14.5 Å². The highest BCUT2D eigenvalue weighted by molar-refractivity contribution is 6.01. The van der Waals surface area contributed by atoms with Gasteiger partial charge in [-0.05, 0) is 50.2 Å². The number of esters is 1. The molecule has 0 bridgehead atoms. The highest BCUT2D eigenvalue weighted by Gasteiger charge is 2.33. The zero-order valence-corrected chi connectivity index (χ0v) is 19.0. The quantitative estimate of drug-likeness (QED) is 0.334. The molecule has 0 radical (unpaired) electrons. The number of amides is 1. The Hall–Kier alpha value is -4.22. The minimum atomic E-state index is -0.282. The normalized spacial score (nSPS) is 15.6. The molecule has 2 aromatic carbocycles. The number of hydrogen-bond donors (Lipinski definition) is 2. The van der Waals surface area contributed by atoms with E-state index in [2.05, 4.69) is 26.5 Å². The maximum Gasteiger partial charge on any atom is 0.320 e. The third kappa shape index (κ3) is 5.39. The predicted molar refractivity (Wildman–Crippen MR) is 132 cm³/mol. The molecule has 0 atom stereocenters. The minimum absolute atomic E-state index is 0.198. The molecular weight excluding hydrogens is 430 g/mol. The molecule has 8 heteroatoms. The Balaban J connectivity index is 1.46. The van der Waals surface area contributed by atoms with Crippen molar-refractivity contribution in [2.24, 2.45) is 0 Å². The molecule has 8 nitrogen and oxygen atoms in total. The lowest BCUT2D eigenvalue weighted by molar-refractivity contribution is -0.159. The molecule has 172 valence electrons. The third-order valence-electron chi connectivity index (χ3n) is 5.55. The van der Waals surface area contributed by atoms with Gasteiger partial charge in [0.1, 0.15) is 18.8 Å². The Labute approximate surface area is 198 Å². The van der Waals surface area contributed by atoms with Gasteiger partial charge in [-0.1, -0.05) is 18.1 Å². The van der Waals surface area contributed by atoms with Crippen LogP contribution in [0.5, 0.6) is 0 Å². The molecule has 0 aliphatic carbocycles. The molecular formula is C26H25N5O3. The second-order valence-corrected chi connectivity index (χ2v) is 8.55. The molecule has 0 spiro atoms. The summed E-state index contributed by atoms with van der Waals surface area (Å²) in [5.41, 5.74) is 2.62. The Morgan fingerprint density at radius 2 is 2.09 bits per heavy atom. The highest BCUT2D eigenvalue weighted by atomic mass is 16.5. The molecule has 1 fully saturated rings. The van der Waals surface area contributed by atoms with Crippen LogP contribution >= 0.6 is 0 Å². The number of terminal acetylenes is 1. The molecule has 1 saturated heterocycles. The number of nitrogens with zero attached hydrogens (tertiary/aromatic N) is 3. The first-order valence-electron chi connectivity index (χ1n) is 10.8. The number of aromatic nitrogens is 2. The molecule has 1 aliphatic heterocycles. The van der Waals surface area contributed by atoms with Crippen LogP contribution in [0.15, 0.2) is 60.9 Å². The van der Waals surface area contributed by atoms with E-state index in [0.29, 0.717) is 24.7 Å². The number of carbonyl (C=O) groups is 2. The first kappa shape index (κ1) is 23.0.